The van der Waals surface area contributed by atoms with E-state index < -0.39 is 0 Å². The van der Waals surface area contributed by atoms with Crippen LogP contribution in [0.2, 0.25) is 0 Å². The predicted molar refractivity (Wildman–Crippen MR) is 190 cm³/mol. The Morgan fingerprint density at radius 1 is 0.318 bits per heavy atom. The Labute approximate surface area is 255 Å². The van der Waals surface area contributed by atoms with E-state index in [4.69, 9.17) is 22.9 Å². The van der Waals surface area contributed by atoms with E-state index in [1.807, 2.05) is 48.5 Å². The second-order valence-corrected chi connectivity index (χ2v) is 11.5. The third-order valence-corrected chi connectivity index (χ3v) is 8.74. The Morgan fingerprint density at radius 2 is 0.773 bits per heavy atom. The Balaban J connectivity index is 1.69. The lowest BCUT2D eigenvalue weighted by atomic mass is 9.77. The maximum Gasteiger partial charge on any atom is 0.0314 e. The van der Waals surface area contributed by atoms with Gasteiger partial charge in [-0.25, -0.2) is 0 Å². The first-order valence-electron chi connectivity index (χ1n) is 14.7. The molecule has 4 heteroatoms. The molecule has 210 valence electrons. The van der Waals surface area contributed by atoms with Crippen LogP contribution in [-0.2, 0) is 0 Å². The molecule has 0 aliphatic carbocycles. The van der Waals surface area contributed by atoms with Gasteiger partial charge in [-0.3, -0.25) is 0 Å². The first-order valence-corrected chi connectivity index (χ1v) is 14.7. The van der Waals surface area contributed by atoms with Crippen molar-refractivity contribution in [3.05, 3.63) is 133 Å². The first kappa shape index (κ1) is 25.7. The van der Waals surface area contributed by atoms with Crippen LogP contribution in [-0.4, -0.2) is 0 Å². The van der Waals surface area contributed by atoms with Gasteiger partial charge in [-0.1, -0.05) is 78.9 Å². The average molecular weight is 567 g/mol. The minimum absolute atomic E-state index is 0.719. The highest BCUT2D eigenvalue weighted by Crippen LogP contribution is 2.53. The zero-order valence-corrected chi connectivity index (χ0v) is 24.0. The molecule has 0 saturated heterocycles. The van der Waals surface area contributed by atoms with Gasteiger partial charge in [0.05, 0.1) is 0 Å². The van der Waals surface area contributed by atoms with E-state index in [0.29, 0.717) is 0 Å². The van der Waals surface area contributed by atoms with Gasteiger partial charge in [0, 0.05) is 22.7 Å². The molecule has 0 aromatic heterocycles. The highest BCUT2D eigenvalue weighted by Gasteiger charge is 2.25. The van der Waals surface area contributed by atoms with E-state index in [1.165, 1.54) is 32.3 Å². The average Bonchev–Trinajstić information content (AvgIpc) is 3.04. The lowest BCUT2D eigenvalue weighted by molar-refractivity contribution is 1.59. The molecule has 0 heterocycles. The van der Waals surface area contributed by atoms with Gasteiger partial charge in [0.25, 0.3) is 0 Å². The number of nitrogen functional groups attached to an aromatic ring is 4. The maximum atomic E-state index is 6.23. The fourth-order valence-electron chi connectivity index (χ4n) is 6.72. The van der Waals surface area contributed by atoms with Crippen molar-refractivity contribution in [2.75, 3.05) is 22.9 Å². The molecule has 0 aliphatic heterocycles. The molecule has 8 aromatic carbocycles. The Hall–Kier alpha value is -6.00. The molecular formula is C40H30N4. The monoisotopic (exact) mass is 566 g/mol. The van der Waals surface area contributed by atoms with Gasteiger partial charge >= 0.3 is 0 Å². The summed E-state index contributed by atoms with van der Waals surface area (Å²) in [5.41, 5.74) is 36.6. The SMILES string of the molecule is Nc1ccc(-c2c(-c3ccc(N)cc3)c3ccc4cccc5cc(-c6ccc(N)cc6)c(c2-c2ccc(N)cc2)c3c45)cc1. The summed E-state index contributed by atoms with van der Waals surface area (Å²) in [5, 5.41) is 7.23. The number of nitrogens with two attached hydrogens (primary N) is 4. The van der Waals surface area contributed by atoms with Crippen molar-refractivity contribution in [1.82, 2.24) is 0 Å². The number of benzene rings is 8. The van der Waals surface area contributed by atoms with Gasteiger partial charge in [-0.05, 0) is 131 Å². The van der Waals surface area contributed by atoms with Gasteiger partial charge in [0.2, 0.25) is 0 Å². The van der Waals surface area contributed by atoms with Gasteiger partial charge < -0.3 is 22.9 Å². The van der Waals surface area contributed by atoms with Crippen LogP contribution >= 0.6 is 0 Å². The highest BCUT2D eigenvalue weighted by atomic mass is 14.5. The fourth-order valence-corrected chi connectivity index (χ4v) is 6.72. The summed E-state index contributed by atoms with van der Waals surface area (Å²) in [5.74, 6) is 0. The van der Waals surface area contributed by atoms with Gasteiger partial charge in [-0.15, -0.1) is 0 Å². The fraction of sp³-hybridized carbons (Fsp3) is 0. The van der Waals surface area contributed by atoms with E-state index in [2.05, 4.69) is 84.9 Å². The molecule has 0 bridgehead atoms. The summed E-state index contributed by atoms with van der Waals surface area (Å²) in [6.07, 6.45) is 0. The van der Waals surface area contributed by atoms with Gasteiger partial charge in [0.1, 0.15) is 0 Å². The predicted octanol–water partition coefficient (Wildman–Crippen LogP) is 9.58. The smallest absolute Gasteiger partial charge is 0.0314 e. The van der Waals surface area contributed by atoms with E-state index in [9.17, 15) is 0 Å². The van der Waals surface area contributed by atoms with Crippen molar-refractivity contribution in [2.24, 2.45) is 0 Å². The minimum Gasteiger partial charge on any atom is -0.399 e. The van der Waals surface area contributed by atoms with E-state index in [-0.39, 0.29) is 0 Å². The Morgan fingerprint density at radius 3 is 1.32 bits per heavy atom. The second kappa shape index (κ2) is 9.79. The molecule has 0 spiro atoms. The van der Waals surface area contributed by atoms with Crippen LogP contribution in [0.15, 0.2) is 133 Å². The lowest BCUT2D eigenvalue weighted by Gasteiger charge is -2.25. The minimum atomic E-state index is 0.719. The van der Waals surface area contributed by atoms with Crippen molar-refractivity contribution in [2.45, 2.75) is 0 Å². The molecule has 0 atom stereocenters. The molecule has 0 unspecified atom stereocenters. The Bertz CT molecular complexity index is 2320. The number of rotatable bonds is 4. The van der Waals surface area contributed by atoms with Crippen molar-refractivity contribution in [3.63, 3.8) is 0 Å². The van der Waals surface area contributed by atoms with Crippen LogP contribution in [0.1, 0.15) is 0 Å². The molecule has 8 N–H and O–H groups in total. The van der Waals surface area contributed by atoms with Crippen molar-refractivity contribution < 1.29 is 0 Å². The van der Waals surface area contributed by atoms with Crippen LogP contribution in [0, 0.1) is 0 Å². The summed E-state index contributed by atoms with van der Waals surface area (Å²) in [6, 6.07) is 46.1. The molecule has 0 radical (unpaired) electrons. The molecular weight excluding hydrogens is 536 g/mol. The molecule has 8 rings (SSSR count). The van der Waals surface area contributed by atoms with E-state index >= 15 is 0 Å². The molecule has 8 aromatic rings. The number of anilines is 4. The summed E-state index contributed by atoms with van der Waals surface area (Å²) in [6.45, 7) is 0. The lowest BCUT2D eigenvalue weighted by Crippen LogP contribution is -1.99. The van der Waals surface area contributed by atoms with Crippen molar-refractivity contribution in [1.29, 1.82) is 0 Å². The van der Waals surface area contributed by atoms with E-state index in [0.717, 1.165) is 67.3 Å². The normalized spacial score (nSPS) is 11.5. The highest BCUT2D eigenvalue weighted by molar-refractivity contribution is 6.34. The first-order chi connectivity index (χ1) is 21.5. The van der Waals surface area contributed by atoms with Crippen molar-refractivity contribution in [3.8, 4) is 44.5 Å². The molecule has 0 aliphatic rings. The molecule has 0 saturated carbocycles. The molecule has 0 amide bonds. The van der Waals surface area contributed by atoms with Crippen molar-refractivity contribution >= 4 is 55.1 Å². The second-order valence-electron chi connectivity index (χ2n) is 11.5. The van der Waals surface area contributed by atoms with Crippen LogP contribution in [0.5, 0.6) is 0 Å². The quantitative estimate of drug-likeness (QED) is 0.126. The summed E-state index contributed by atoms with van der Waals surface area (Å²) in [7, 11) is 0. The third kappa shape index (κ3) is 4.00. The van der Waals surface area contributed by atoms with Gasteiger partial charge in [0.15, 0.2) is 0 Å². The zero-order valence-electron chi connectivity index (χ0n) is 24.0. The molecule has 4 nitrogen and oxygen atoms in total. The third-order valence-electron chi connectivity index (χ3n) is 8.74. The molecule has 44 heavy (non-hydrogen) atoms. The van der Waals surface area contributed by atoms with Gasteiger partial charge in [-0.2, -0.15) is 0 Å². The summed E-state index contributed by atoms with van der Waals surface area (Å²) < 4.78 is 0. The topological polar surface area (TPSA) is 104 Å². The number of hydrogen-bond acceptors (Lipinski definition) is 4. The Kier molecular flexibility index (Phi) is 5.71. The van der Waals surface area contributed by atoms with Crippen LogP contribution in [0.3, 0.4) is 0 Å². The summed E-state index contributed by atoms with van der Waals surface area (Å²) >= 11 is 0. The van der Waals surface area contributed by atoms with Crippen LogP contribution in [0.4, 0.5) is 22.7 Å². The standard InChI is InChI=1S/C40H30N4/c41-29-13-4-23(5-14-29)34-22-28-3-1-2-24-12-21-33-36(25-6-15-30(42)16-7-25)37(26-8-17-31(43)18-9-26)38(40(34)39(33)35(24)28)27-10-19-32(44)20-11-27/h1-22H,41-44H2. The zero-order chi connectivity index (χ0) is 29.9. The number of hydrogen-bond donors (Lipinski definition) is 4. The largest absolute Gasteiger partial charge is 0.399 e. The summed E-state index contributed by atoms with van der Waals surface area (Å²) in [4.78, 5) is 0. The maximum absolute atomic E-state index is 6.23. The van der Waals surface area contributed by atoms with Crippen LogP contribution in [0.25, 0.3) is 76.8 Å². The van der Waals surface area contributed by atoms with E-state index in [1.54, 1.807) is 0 Å². The van der Waals surface area contributed by atoms with Crippen LogP contribution < -0.4 is 22.9 Å². The molecule has 0 fully saturated rings.